The summed E-state index contributed by atoms with van der Waals surface area (Å²) in [7, 11) is 0. The zero-order chi connectivity index (χ0) is 16.5. The number of ether oxygens (including phenoxy) is 2. The SMILES string of the molecule is CCOC(=O)CSN1CCC(C(=O)OCc2ccccc2)CC1. The van der Waals surface area contributed by atoms with Crippen molar-refractivity contribution in [2.24, 2.45) is 5.92 Å². The lowest BCUT2D eigenvalue weighted by molar-refractivity contribution is -0.151. The van der Waals surface area contributed by atoms with Gasteiger partial charge in [-0.25, -0.2) is 0 Å². The Hall–Kier alpha value is -1.53. The molecule has 0 saturated carbocycles. The van der Waals surface area contributed by atoms with Crippen LogP contribution in [-0.4, -0.2) is 41.7 Å². The van der Waals surface area contributed by atoms with Gasteiger partial charge in [0.05, 0.1) is 12.5 Å². The quantitative estimate of drug-likeness (QED) is 0.563. The van der Waals surface area contributed by atoms with Crippen LogP contribution in [0.4, 0.5) is 0 Å². The van der Waals surface area contributed by atoms with Crippen LogP contribution < -0.4 is 0 Å². The van der Waals surface area contributed by atoms with E-state index in [1.54, 1.807) is 6.92 Å². The van der Waals surface area contributed by atoms with Gasteiger partial charge in [-0.2, -0.15) is 0 Å². The highest BCUT2D eigenvalue weighted by Crippen LogP contribution is 2.24. The van der Waals surface area contributed by atoms with Crippen LogP contribution in [0.3, 0.4) is 0 Å². The average Bonchev–Trinajstić information content (AvgIpc) is 2.59. The van der Waals surface area contributed by atoms with Gasteiger partial charge >= 0.3 is 11.9 Å². The second-order valence-corrected chi connectivity index (χ2v) is 6.44. The molecule has 0 N–H and O–H groups in total. The van der Waals surface area contributed by atoms with Crippen molar-refractivity contribution in [2.75, 3.05) is 25.4 Å². The minimum atomic E-state index is -0.193. The molecule has 0 bridgehead atoms. The number of carbonyl (C=O) groups excluding carboxylic acids is 2. The van der Waals surface area contributed by atoms with E-state index in [1.165, 1.54) is 11.9 Å². The highest BCUT2D eigenvalue weighted by Gasteiger charge is 2.26. The van der Waals surface area contributed by atoms with Crippen LogP contribution in [0, 0.1) is 5.92 Å². The third-order valence-corrected chi connectivity index (χ3v) is 4.78. The van der Waals surface area contributed by atoms with Crippen molar-refractivity contribution in [1.29, 1.82) is 0 Å². The molecule has 0 radical (unpaired) electrons. The number of benzene rings is 1. The lowest BCUT2D eigenvalue weighted by Gasteiger charge is -2.29. The zero-order valence-electron chi connectivity index (χ0n) is 13.4. The van der Waals surface area contributed by atoms with Gasteiger partial charge in [0.1, 0.15) is 12.4 Å². The third-order valence-electron chi connectivity index (χ3n) is 3.68. The van der Waals surface area contributed by atoms with Crippen LogP contribution in [0.2, 0.25) is 0 Å². The van der Waals surface area contributed by atoms with E-state index in [2.05, 4.69) is 4.31 Å². The standard InChI is InChI=1S/C17H23NO4S/c1-2-21-16(19)13-23-18-10-8-15(9-11-18)17(20)22-12-14-6-4-3-5-7-14/h3-7,15H,2,8-13H2,1H3. The fraction of sp³-hybridized carbons (Fsp3) is 0.529. The van der Waals surface area contributed by atoms with Crippen LogP contribution in [0.1, 0.15) is 25.3 Å². The average molecular weight is 337 g/mol. The summed E-state index contributed by atoms with van der Waals surface area (Å²) in [6, 6.07) is 9.70. The maximum absolute atomic E-state index is 12.1. The molecule has 0 atom stereocenters. The molecule has 23 heavy (non-hydrogen) atoms. The third kappa shape index (κ3) is 6.23. The van der Waals surface area contributed by atoms with Crippen molar-refractivity contribution >= 4 is 23.9 Å². The molecule has 0 amide bonds. The van der Waals surface area contributed by atoms with E-state index in [4.69, 9.17) is 9.47 Å². The van der Waals surface area contributed by atoms with Gasteiger partial charge in [-0.05, 0) is 25.3 Å². The summed E-state index contributed by atoms with van der Waals surface area (Å²) < 4.78 is 12.4. The highest BCUT2D eigenvalue weighted by atomic mass is 32.2. The molecule has 6 heteroatoms. The summed E-state index contributed by atoms with van der Waals surface area (Å²) >= 11 is 1.48. The molecule has 5 nitrogen and oxygen atoms in total. The van der Waals surface area contributed by atoms with Crippen molar-refractivity contribution in [2.45, 2.75) is 26.4 Å². The van der Waals surface area contributed by atoms with Gasteiger partial charge in [0.15, 0.2) is 0 Å². The van der Waals surface area contributed by atoms with Crippen LogP contribution in [0.25, 0.3) is 0 Å². The van der Waals surface area contributed by atoms with Gasteiger partial charge in [-0.3, -0.25) is 13.9 Å². The van der Waals surface area contributed by atoms with Crippen molar-refractivity contribution in [3.05, 3.63) is 35.9 Å². The summed E-state index contributed by atoms with van der Waals surface area (Å²) in [5, 5.41) is 0. The molecular weight excluding hydrogens is 314 g/mol. The van der Waals surface area contributed by atoms with E-state index < -0.39 is 0 Å². The van der Waals surface area contributed by atoms with E-state index >= 15 is 0 Å². The fourth-order valence-corrected chi connectivity index (χ4v) is 3.25. The molecule has 0 aliphatic carbocycles. The van der Waals surface area contributed by atoms with Gasteiger partial charge in [-0.15, -0.1) is 0 Å². The molecule has 1 fully saturated rings. The minimum absolute atomic E-state index is 0.0434. The van der Waals surface area contributed by atoms with Crippen LogP contribution >= 0.6 is 11.9 Å². The van der Waals surface area contributed by atoms with E-state index in [9.17, 15) is 9.59 Å². The van der Waals surface area contributed by atoms with Gasteiger partial charge in [0, 0.05) is 13.1 Å². The number of carbonyl (C=O) groups is 2. The number of esters is 2. The van der Waals surface area contributed by atoms with Gasteiger partial charge in [-0.1, -0.05) is 42.3 Å². The number of piperidine rings is 1. The Labute approximate surface area is 141 Å². The smallest absolute Gasteiger partial charge is 0.317 e. The summed E-state index contributed by atoms with van der Waals surface area (Å²) in [6.07, 6.45) is 1.53. The lowest BCUT2D eigenvalue weighted by Crippen LogP contribution is -2.33. The Morgan fingerprint density at radius 3 is 2.52 bits per heavy atom. The summed E-state index contributed by atoms with van der Waals surface area (Å²) in [6.45, 7) is 4.12. The predicted octanol–water partition coefficient (Wildman–Crippen LogP) is 2.65. The number of nitrogens with zero attached hydrogens (tertiary/aromatic N) is 1. The predicted molar refractivity (Wildman–Crippen MR) is 89.6 cm³/mol. The molecule has 1 heterocycles. The molecule has 0 unspecified atom stereocenters. The maximum Gasteiger partial charge on any atom is 0.317 e. The molecule has 0 aromatic heterocycles. The second kappa shape index (κ2) is 9.57. The number of hydrogen-bond acceptors (Lipinski definition) is 6. The van der Waals surface area contributed by atoms with Crippen molar-refractivity contribution in [1.82, 2.24) is 4.31 Å². The fourth-order valence-electron chi connectivity index (χ4n) is 2.41. The highest BCUT2D eigenvalue weighted by molar-refractivity contribution is 7.97. The van der Waals surface area contributed by atoms with E-state index in [0.29, 0.717) is 19.0 Å². The monoisotopic (exact) mass is 337 g/mol. The first-order chi connectivity index (χ1) is 11.2. The maximum atomic E-state index is 12.1. The normalized spacial score (nSPS) is 16.0. The summed E-state index contributed by atoms with van der Waals surface area (Å²) in [5.74, 6) is -0.0271. The minimum Gasteiger partial charge on any atom is -0.465 e. The van der Waals surface area contributed by atoms with Gasteiger partial charge in [0.25, 0.3) is 0 Å². The van der Waals surface area contributed by atoms with E-state index in [0.717, 1.165) is 31.5 Å². The molecule has 2 rings (SSSR count). The van der Waals surface area contributed by atoms with E-state index in [1.807, 2.05) is 30.3 Å². The van der Waals surface area contributed by atoms with Gasteiger partial charge < -0.3 is 9.47 Å². The Bertz CT molecular complexity index is 501. The first-order valence-electron chi connectivity index (χ1n) is 7.93. The van der Waals surface area contributed by atoms with Crippen LogP contribution in [-0.2, 0) is 25.7 Å². The molecule has 1 aliphatic rings. The molecule has 0 spiro atoms. The van der Waals surface area contributed by atoms with E-state index in [-0.39, 0.29) is 17.9 Å². The zero-order valence-corrected chi connectivity index (χ0v) is 14.2. The summed E-state index contributed by atoms with van der Waals surface area (Å²) in [5.41, 5.74) is 1.00. The van der Waals surface area contributed by atoms with Crippen LogP contribution in [0.15, 0.2) is 30.3 Å². The molecule has 1 aliphatic heterocycles. The first-order valence-corrected chi connectivity index (χ1v) is 8.87. The molecule has 1 aromatic carbocycles. The molecule has 1 aromatic rings. The Kier molecular flexibility index (Phi) is 7.42. The van der Waals surface area contributed by atoms with Crippen LogP contribution in [0.5, 0.6) is 0 Å². The number of hydrogen-bond donors (Lipinski definition) is 0. The van der Waals surface area contributed by atoms with Crippen molar-refractivity contribution in [3.8, 4) is 0 Å². The molecular formula is C17H23NO4S. The molecule has 126 valence electrons. The molecule has 1 saturated heterocycles. The number of rotatable bonds is 7. The van der Waals surface area contributed by atoms with Crippen molar-refractivity contribution in [3.63, 3.8) is 0 Å². The lowest BCUT2D eigenvalue weighted by atomic mass is 9.98. The van der Waals surface area contributed by atoms with Crippen molar-refractivity contribution < 1.29 is 19.1 Å². The Balaban J connectivity index is 1.65. The van der Waals surface area contributed by atoms with Gasteiger partial charge in [0.2, 0.25) is 0 Å². The summed E-state index contributed by atoms with van der Waals surface area (Å²) in [4.78, 5) is 23.4. The Morgan fingerprint density at radius 1 is 1.17 bits per heavy atom. The largest absolute Gasteiger partial charge is 0.465 e. The second-order valence-electron chi connectivity index (χ2n) is 5.38. The first kappa shape index (κ1) is 17.8. The Morgan fingerprint density at radius 2 is 1.87 bits per heavy atom. The topological polar surface area (TPSA) is 55.8 Å².